The lowest BCUT2D eigenvalue weighted by molar-refractivity contribution is -0.138. The predicted molar refractivity (Wildman–Crippen MR) is 102 cm³/mol. The van der Waals surface area contributed by atoms with Gasteiger partial charge in [-0.25, -0.2) is 0 Å². The lowest BCUT2D eigenvalue weighted by Gasteiger charge is -2.07. The number of ether oxygens (including phenoxy) is 1. The zero-order chi connectivity index (χ0) is 17.9. The highest BCUT2D eigenvalue weighted by molar-refractivity contribution is 5.69. The highest BCUT2D eigenvalue weighted by Gasteiger charge is 2.01. The Morgan fingerprint density at radius 3 is 2.46 bits per heavy atom. The van der Waals surface area contributed by atoms with Crippen LogP contribution >= 0.6 is 0 Å². The molecule has 0 amide bonds. The molecule has 0 aromatic rings. The third kappa shape index (κ3) is 17.3. The molecule has 0 fully saturated rings. The lowest BCUT2D eigenvalue weighted by Crippen LogP contribution is -2.04. The molecule has 0 rings (SSSR count). The summed E-state index contributed by atoms with van der Waals surface area (Å²) in [6, 6.07) is 0. The van der Waals surface area contributed by atoms with Gasteiger partial charge in [0.05, 0.1) is 12.4 Å². The number of rotatable bonds is 16. The molecule has 1 atom stereocenters. The van der Waals surface area contributed by atoms with E-state index in [-0.39, 0.29) is 12.1 Å². The Bertz CT molecular complexity index is 334. The second kappa shape index (κ2) is 18.3. The predicted octanol–water partition coefficient (Wildman–Crippen LogP) is 6.07. The molecule has 1 N–H and O–H groups in total. The summed E-state index contributed by atoms with van der Waals surface area (Å²) in [7, 11) is 0. The Labute approximate surface area is 149 Å². The summed E-state index contributed by atoms with van der Waals surface area (Å²) in [5, 5.41) is 9.85. The standard InChI is InChI=1S/C21H38O3/c1-3-5-6-13-16-20(22)17-14-11-9-7-8-10-12-15-18-21(23)24-19-4-2/h4,11,14,19-20,22H,3,5-10,12-13,15-18H2,1-2H3/b14-11-,19-4+. The minimum absolute atomic E-state index is 0.135. The number of unbranched alkanes of at least 4 members (excludes halogenated alkanes) is 8. The minimum Gasteiger partial charge on any atom is -0.435 e. The number of hydrogen-bond acceptors (Lipinski definition) is 3. The molecule has 0 spiro atoms. The van der Waals surface area contributed by atoms with Crippen LogP contribution in [0.1, 0.15) is 97.3 Å². The van der Waals surface area contributed by atoms with Crippen LogP contribution < -0.4 is 0 Å². The molecule has 0 bridgehead atoms. The van der Waals surface area contributed by atoms with Crippen LogP contribution in [0.15, 0.2) is 24.5 Å². The van der Waals surface area contributed by atoms with E-state index in [1.165, 1.54) is 44.8 Å². The Kier molecular flexibility index (Phi) is 17.4. The maximum Gasteiger partial charge on any atom is 0.310 e. The number of carbonyl (C=O) groups is 1. The number of aliphatic hydroxyl groups excluding tert-OH is 1. The van der Waals surface area contributed by atoms with Gasteiger partial charge in [0.25, 0.3) is 0 Å². The molecule has 0 aromatic carbocycles. The van der Waals surface area contributed by atoms with Crippen LogP contribution in [-0.2, 0) is 9.53 Å². The van der Waals surface area contributed by atoms with Crippen LogP contribution in [0.4, 0.5) is 0 Å². The summed E-state index contributed by atoms with van der Waals surface area (Å²) in [4.78, 5) is 11.3. The Morgan fingerprint density at radius 2 is 1.71 bits per heavy atom. The van der Waals surface area contributed by atoms with E-state index < -0.39 is 0 Å². The molecular weight excluding hydrogens is 300 g/mol. The fourth-order valence-corrected chi connectivity index (χ4v) is 2.56. The normalized spacial score (nSPS) is 13.0. The fourth-order valence-electron chi connectivity index (χ4n) is 2.56. The minimum atomic E-state index is -0.166. The second-order valence-electron chi connectivity index (χ2n) is 6.48. The van der Waals surface area contributed by atoms with Crippen molar-refractivity contribution in [2.24, 2.45) is 0 Å². The fraction of sp³-hybridized carbons (Fsp3) is 0.762. The van der Waals surface area contributed by atoms with Crippen LogP contribution in [0, 0.1) is 0 Å². The first-order chi connectivity index (χ1) is 11.7. The van der Waals surface area contributed by atoms with Gasteiger partial charge in [-0.2, -0.15) is 0 Å². The number of aliphatic hydroxyl groups is 1. The number of allylic oxidation sites excluding steroid dienone is 2. The first-order valence-corrected chi connectivity index (χ1v) is 9.84. The highest BCUT2D eigenvalue weighted by Crippen LogP contribution is 2.10. The molecule has 0 heterocycles. The van der Waals surface area contributed by atoms with E-state index in [0.717, 1.165) is 38.5 Å². The summed E-state index contributed by atoms with van der Waals surface area (Å²) in [5.74, 6) is -0.135. The first-order valence-electron chi connectivity index (χ1n) is 9.84. The summed E-state index contributed by atoms with van der Waals surface area (Å²) < 4.78 is 4.87. The van der Waals surface area contributed by atoms with Crippen LogP contribution in [0.2, 0.25) is 0 Å². The van der Waals surface area contributed by atoms with E-state index in [1.54, 1.807) is 6.08 Å². The van der Waals surface area contributed by atoms with Crippen molar-refractivity contribution in [2.45, 2.75) is 103 Å². The van der Waals surface area contributed by atoms with E-state index in [4.69, 9.17) is 4.74 Å². The summed E-state index contributed by atoms with van der Waals surface area (Å²) >= 11 is 0. The van der Waals surface area contributed by atoms with Gasteiger partial charge in [-0.15, -0.1) is 0 Å². The third-order valence-corrected chi connectivity index (χ3v) is 4.05. The van der Waals surface area contributed by atoms with Crippen molar-refractivity contribution < 1.29 is 14.6 Å². The maximum atomic E-state index is 11.3. The monoisotopic (exact) mass is 338 g/mol. The van der Waals surface area contributed by atoms with Crippen LogP contribution in [-0.4, -0.2) is 17.2 Å². The van der Waals surface area contributed by atoms with Crippen LogP contribution in [0.3, 0.4) is 0 Å². The van der Waals surface area contributed by atoms with Crippen molar-refractivity contribution in [3.63, 3.8) is 0 Å². The van der Waals surface area contributed by atoms with Crippen LogP contribution in [0.5, 0.6) is 0 Å². The SMILES string of the molecule is C/C=C/OC(=O)CCCCCCC/C=C\CC(O)CCCCCC. The van der Waals surface area contributed by atoms with Crippen molar-refractivity contribution in [3.05, 3.63) is 24.5 Å². The Morgan fingerprint density at radius 1 is 1.00 bits per heavy atom. The average molecular weight is 339 g/mol. The van der Waals surface area contributed by atoms with Gasteiger partial charge >= 0.3 is 5.97 Å². The zero-order valence-corrected chi connectivity index (χ0v) is 15.8. The molecule has 0 aromatic heterocycles. The highest BCUT2D eigenvalue weighted by atomic mass is 16.5. The van der Waals surface area contributed by atoms with E-state index >= 15 is 0 Å². The maximum absolute atomic E-state index is 11.3. The van der Waals surface area contributed by atoms with Crippen molar-refractivity contribution in [1.82, 2.24) is 0 Å². The molecule has 24 heavy (non-hydrogen) atoms. The average Bonchev–Trinajstić information content (AvgIpc) is 2.58. The smallest absolute Gasteiger partial charge is 0.310 e. The second-order valence-corrected chi connectivity index (χ2v) is 6.48. The molecule has 140 valence electrons. The molecule has 0 radical (unpaired) electrons. The molecule has 1 unspecified atom stereocenters. The molecule has 0 saturated carbocycles. The van der Waals surface area contributed by atoms with Gasteiger partial charge < -0.3 is 9.84 Å². The van der Waals surface area contributed by atoms with Crippen molar-refractivity contribution in [2.75, 3.05) is 0 Å². The Hall–Kier alpha value is -1.09. The number of hydrogen-bond donors (Lipinski definition) is 1. The summed E-state index contributed by atoms with van der Waals surface area (Å²) in [6.07, 6.45) is 21.1. The van der Waals surface area contributed by atoms with Crippen molar-refractivity contribution >= 4 is 5.97 Å². The van der Waals surface area contributed by atoms with E-state index in [1.807, 2.05) is 6.92 Å². The van der Waals surface area contributed by atoms with Crippen LogP contribution in [0.25, 0.3) is 0 Å². The number of carbonyl (C=O) groups excluding carboxylic acids is 1. The van der Waals surface area contributed by atoms with Gasteiger partial charge in [-0.05, 0) is 39.0 Å². The van der Waals surface area contributed by atoms with E-state index in [9.17, 15) is 9.90 Å². The third-order valence-electron chi connectivity index (χ3n) is 4.05. The quantitative estimate of drug-likeness (QED) is 0.161. The molecule has 0 aliphatic carbocycles. The molecule has 0 aliphatic heterocycles. The topological polar surface area (TPSA) is 46.5 Å². The first kappa shape index (κ1) is 22.9. The van der Waals surface area contributed by atoms with E-state index in [2.05, 4.69) is 19.1 Å². The number of esters is 1. The molecule has 3 heteroatoms. The summed E-state index contributed by atoms with van der Waals surface area (Å²) in [5.41, 5.74) is 0. The largest absolute Gasteiger partial charge is 0.435 e. The Balaban J connectivity index is 3.33. The van der Waals surface area contributed by atoms with Gasteiger partial charge in [0.1, 0.15) is 0 Å². The van der Waals surface area contributed by atoms with Gasteiger partial charge in [0, 0.05) is 6.42 Å². The molecular formula is C21H38O3. The molecule has 0 aliphatic rings. The lowest BCUT2D eigenvalue weighted by atomic mass is 10.1. The molecule has 0 saturated heterocycles. The van der Waals surface area contributed by atoms with Gasteiger partial charge in [0.15, 0.2) is 0 Å². The van der Waals surface area contributed by atoms with Crippen molar-refractivity contribution in [1.29, 1.82) is 0 Å². The van der Waals surface area contributed by atoms with Gasteiger partial charge in [-0.1, -0.05) is 70.1 Å². The zero-order valence-electron chi connectivity index (χ0n) is 15.8. The summed E-state index contributed by atoms with van der Waals surface area (Å²) in [6.45, 7) is 4.04. The van der Waals surface area contributed by atoms with Crippen molar-refractivity contribution in [3.8, 4) is 0 Å². The van der Waals surface area contributed by atoms with Gasteiger partial charge in [-0.3, -0.25) is 4.79 Å². The molecule has 3 nitrogen and oxygen atoms in total. The van der Waals surface area contributed by atoms with E-state index in [0.29, 0.717) is 6.42 Å². The van der Waals surface area contributed by atoms with Gasteiger partial charge in [0.2, 0.25) is 0 Å².